The molecule has 0 bridgehead atoms. The smallest absolute Gasteiger partial charge is 0.255 e. The van der Waals surface area contributed by atoms with Gasteiger partial charge in [0.25, 0.3) is 5.91 Å². The van der Waals surface area contributed by atoms with Crippen molar-refractivity contribution < 1.29 is 17.6 Å². The maximum Gasteiger partial charge on any atom is 0.255 e. The van der Waals surface area contributed by atoms with Crippen LogP contribution in [0.3, 0.4) is 0 Å². The summed E-state index contributed by atoms with van der Waals surface area (Å²) in [5, 5.41) is 2.83. The largest absolute Gasteiger partial charge is 0.468 e. The second kappa shape index (κ2) is 7.77. The second-order valence-corrected chi connectivity index (χ2v) is 7.90. The molecule has 0 spiro atoms. The van der Waals surface area contributed by atoms with E-state index in [2.05, 4.69) is 10.0 Å². The number of nitrogens with one attached hydrogen (secondary N) is 2. The molecule has 0 saturated carbocycles. The third-order valence-electron chi connectivity index (χ3n) is 4.28. The van der Waals surface area contributed by atoms with Crippen LogP contribution in [0.2, 0.25) is 0 Å². The Balaban J connectivity index is 1.78. The standard InChI is InChI=1S/C20H20N2O4S/c1-14-6-3-10-19(15(14)2)22-20(23)16-7-4-9-18(12-16)27(24,25)21-13-17-8-5-11-26-17/h3-12,21H,13H2,1-2H3,(H,22,23). The Labute approximate surface area is 158 Å². The molecule has 6 nitrogen and oxygen atoms in total. The Morgan fingerprint density at radius 1 is 1.04 bits per heavy atom. The van der Waals surface area contributed by atoms with Crippen molar-refractivity contribution in [2.24, 2.45) is 0 Å². The number of sulfonamides is 1. The summed E-state index contributed by atoms with van der Waals surface area (Å²) in [5.74, 6) is 0.133. The fourth-order valence-electron chi connectivity index (χ4n) is 2.55. The maximum absolute atomic E-state index is 12.6. The second-order valence-electron chi connectivity index (χ2n) is 6.13. The first-order chi connectivity index (χ1) is 12.9. The SMILES string of the molecule is Cc1cccc(NC(=O)c2cccc(S(=O)(=O)NCc3ccco3)c2)c1C. The maximum atomic E-state index is 12.6. The van der Waals surface area contributed by atoms with Gasteiger partial charge in [-0.05, 0) is 61.4 Å². The van der Waals surface area contributed by atoms with Crippen LogP contribution in [0.15, 0.2) is 70.2 Å². The average Bonchev–Trinajstić information content (AvgIpc) is 3.18. The molecule has 140 valence electrons. The van der Waals surface area contributed by atoms with Crippen LogP contribution < -0.4 is 10.0 Å². The number of carbonyl (C=O) groups is 1. The first-order valence-electron chi connectivity index (χ1n) is 8.36. The first-order valence-corrected chi connectivity index (χ1v) is 9.85. The molecule has 3 aromatic rings. The molecule has 1 amide bonds. The minimum absolute atomic E-state index is 0.0164. The van der Waals surface area contributed by atoms with E-state index in [1.165, 1.54) is 18.4 Å². The monoisotopic (exact) mass is 384 g/mol. The summed E-state index contributed by atoms with van der Waals surface area (Å²) in [6.07, 6.45) is 1.47. The lowest BCUT2D eigenvalue weighted by Gasteiger charge is -2.11. The number of hydrogen-bond acceptors (Lipinski definition) is 4. The molecule has 0 unspecified atom stereocenters. The predicted molar refractivity (Wildman–Crippen MR) is 103 cm³/mol. The van der Waals surface area contributed by atoms with Gasteiger partial charge in [-0.25, -0.2) is 13.1 Å². The highest BCUT2D eigenvalue weighted by atomic mass is 32.2. The third-order valence-corrected chi connectivity index (χ3v) is 5.67. The summed E-state index contributed by atoms with van der Waals surface area (Å²) in [6.45, 7) is 3.92. The van der Waals surface area contributed by atoms with Gasteiger partial charge in [0.2, 0.25) is 10.0 Å². The van der Waals surface area contributed by atoms with Gasteiger partial charge in [0, 0.05) is 11.3 Å². The van der Waals surface area contributed by atoms with Gasteiger partial charge in [-0.3, -0.25) is 4.79 Å². The molecule has 0 aliphatic carbocycles. The minimum atomic E-state index is -3.77. The molecular formula is C20H20N2O4S. The fourth-order valence-corrected chi connectivity index (χ4v) is 3.59. The van der Waals surface area contributed by atoms with Crippen molar-refractivity contribution in [2.45, 2.75) is 25.3 Å². The van der Waals surface area contributed by atoms with Crippen LogP contribution in [-0.2, 0) is 16.6 Å². The number of hydrogen-bond donors (Lipinski definition) is 2. The Bertz CT molecular complexity index is 1060. The summed E-state index contributed by atoms with van der Waals surface area (Å²) in [4.78, 5) is 12.6. The van der Waals surface area contributed by atoms with Crippen molar-refractivity contribution in [3.63, 3.8) is 0 Å². The van der Waals surface area contributed by atoms with Crippen LogP contribution in [0.25, 0.3) is 0 Å². The Kier molecular flexibility index (Phi) is 5.43. The molecule has 0 radical (unpaired) electrons. The Morgan fingerprint density at radius 3 is 2.56 bits per heavy atom. The van der Waals surface area contributed by atoms with Crippen molar-refractivity contribution >= 4 is 21.6 Å². The van der Waals surface area contributed by atoms with Gasteiger partial charge >= 0.3 is 0 Å². The zero-order valence-electron chi connectivity index (χ0n) is 15.0. The molecule has 1 aromatic heterocycles. The van der Waals surface area contributed by atoms with E-state index in [1.807, 2.05) is 32.0 Å². The summed E-state index contributed by atoms with van der Waals surface area (Å²) < 4.78 is 32.5. The number of amides is 1. The normalized spacial score (nSPS) is 11.3. The quantitative estimate of drug-likeness (QED) is 0.679. The average molecular weight is 384 g/mol. The van der Waals surface area contributed by atoms with E-state index in [0.717, 1.165) is 11.1 Å². The summed E-state index contributed by atoms with van der Waals surface area (Å²) in [6, 6.07) is 14.9. The predicted octanol–water partition coefficient (Wildman–Crippen LogP) is 3.63. The number of rotatable bonds is 6. The number of carbonyl (C=O) groups excluding carboxylic acids is 1. The lowest BCUT2D eigenvalue weighted by Crippen LogP contribution is -2.23. The van der Waals surface area contributed by atoms with Crippen LogP contribution >= 0.6 is 0 Å². The van der Waals surface area contributed by atoms with Crippen molar-refractivity contribution in [2.75, 3.05) is 5.32 Å². The minimum Gasteiger partial charge on any atom is -0.468 e. The number of furan rings is 1. The molecular weight excluding hydrogens is 364 g/mol. The number of aryl methyl sites for hydroxylation is 1. The lowest BCUT2D eigenvalue weighted by atomic mass is 10.1. The van der Waals surface area contributed by atoms with Crippen LogP contribution in [0.4, 0.5) is 5.69 Å². The topological polar surface area (TPSA) is 88.4 Å². The molecule has 0 aliphatic rings. The van der Waals surface area contributed by atoms with Gasteiger partial charge in [-0.1, -0.05) is 18.2 Å². The summed E-state index contributed by atoms with van der Waals surface area (Å²) >= 11 is 0. The molecule has 0 atom stereocenters. The molecule has 0 fully saturated rings. The van der Waals surface area contributed by atoms with E-state index < -0.39 is 10.0 Å². The van der Waals surface area contributed by atoms with E-state index in [0.29, 0.717) is 11.4 Å². The Morgan fingerprint density at radius 2 is 1.81 bits per heavy atom. The molecule has 0 aliphatic heterocycles. The zero-order chi connectivity index (χ0) is 19.4. The van der Waals surface area contributed by atoms with Gasteiger partial charge in [-0.2, -0.15) is 0 Å². The van der Waals surface area contributed by atoms with Gasteiger partial charge in [-0.15, -0.1) is 0 Å². The van der Waals surface area contributed by atoms with Crippen LogP contribution in [-0.4, -0.2) is 14.3 Å². The first kappa shape index (κ1) is 18.9. The number of anilines is 1. The molecule has 7 heteroatoms. The molecule has 0 saturated heterocycles. The molecule has 1 heterocycles. The number of benzene rings is 2. The molecule has 2 aromatic carbocycles. The third kappa shape index (κ3) is 4.45. The van der Waals surface area contributed by atoms with Crippen molar-refractivity contribution in [3.8, 4) is 0 Å². The van der Waals surface area contributed by atoms with Gasteiger partial charge < -0.3 is 9.73 Å². The van der Waals surface area contributed by atoms with E-state index in [4.69, 9.17) is 4.42 Å². The van der Waals surface area contributed by atoms with E-state index in [1.54, 1.807) is 24.3 Å². The fraction of sp³-hybridized carbons (Fsp3) is 0.150. The summed E-state index contributed by atoms with van der Waals surface area (Å²) in [7, 11) is -3.77. The van der Waals surface area contributed by atoms with E-state index in [9.17, 15) is 13.2 Å². The van der Waals surface area contributed by atoms with E-state index in [-0.39, 0.29) is 22.9 Å². The summed E-state index contributed by atoms with van der Waals surface area (Å²) in [5.41, 5.74) is 2.99. The molecule has 27 heavy (non-hydrogen) atoms. The highest BCUT2D eigenvalue weighted by Crippen LogP contribution is 2.20. The van der Waals surface area contributed by atoms with Gasteiger partial charge in [0.05, 0.1) is 17.7 Å². The highest BCUT2D eigenvalue weighted by Gasteiger charge is 2.17. The van der Waals surface area contributed by atoms with Gasteiger partial charge in [0.1, 0.15) is 5.76 Å². The van der Waals surface area contributed by atoms with Crippen LogP contribution in [0.1, 0.15) is 27.2 Å². The van der Waals surface area contributed by atoms with Crippen molar-refractivity contribution in [1.29, 1.82) is 0 Å². The van der Waals surface area contributed by atoms with E-state index >= 15 is 0 Å². The van der Waals surface area contributed by atoms with Gasteiger partial charge in [0.15, 0.2) is 0 Å². The Hall–Kier alpha value is -2.90. The highest BCUT2D eigenvalue weighted by molar-refractivity contribution is 7.89. The van der Waals surface area contributed by atoms with Crippen molar-refractivity contribution in [1.82, 2.24) is 4.72 Å². The van der Waals surface area contributed by atoms with Crippen LogP contribution in [0, 0.1) is 13.8 Å². The zero-order valence-corrected chi connectivity index (χ0v) is 15.8. The van der Waals surface area contributed by atoms with Crippen molar-refractivity contribution in [3.05, 3.63) is 83.3 Å². The lowest BCUT2D eigenvalue weighted by molar-refractivity contribution is 0.102. The molecule has 3 rings (SSSR count). The molecule has 2 N–H and O–H groups in total. The van der Waals surface area contributed by atoms with Crippen LogP contribution in [0.5, 0.6) is 0 Å².